The van der Waals surface area contributed by atoms with Crippen LogP contribution in [-0.4, -0.2) is 18.1 Å². The molecule has 0 bridgehead atoms. The smallest absolute Gasteiger partial charge is 0.0375 e. The SMILES string of the molecule is CC.Cc1cc(C)c(C2CCNCC2)cn1. The van der Waals surface area contributed by atoms with Crippen molar-refractivity contribution in [2.75, 3.05) is 13.1 Å². The molecular formula is C14H24N2. The molecule has 1 aliphatic rings. The molecule has 1 aromatic heterocycles. The Bertz CT molecular complexity index is 315. The van der Waals surface area contributed by atoms with E-state index in [1.807, 2.05) is 13.8 Å². The van der Waals surface area contributed by atoms with Crippen LogP contribution in [0.3, 0.4) is 0 Å². The maximum Gasteiger partial charge on any atom is 0.0375 e. The zero-order chi connectivity index (χ0) is 12.0. The van der Waals surface area contributed by atoms with Crippen molar-refractivity contribution >= 4 is 0 Å². The molecule has 16 heavy (non-hydrogen) atoms. The van der Waals surface area contributed by atoms with Crippen LogP contribution < -0.4 is 5.32 Å². The Labute approximate surface area is 99.5 Å². The van der Waals surface area contributed by atoms with Crippen LogP contribution in [-0.2, 0) is 0 Å². The molecule has 0 amide bonds. The largest absolute Gasteiger partial charge is 0.317 e. The van der Waals surface area contributed by atoms with Gasteiger partial charge in [0.15, 0.2) is 0 Å². The van der Waals surface area contributed by atoms with E-state index in [0.29, 0.717) is 0 Å². The summed E-state index contributed by atoms with van der Waals surface area (Å²) >= 11 is 0. The van der Waals surface area contributed by atoms with Gasteiger partial charge in [0.25, 0.3) is 0 Å². The molecule has 0 saturated carbocycles. The summed E-state index contributed by atoms with van der Waals surface area (Å²) in [5, 5.41) is 3.39. The van der Waals surface area contributed by atoms with E-state index in [9.17, 15) is 0 Å². The first-order valence-corrected chi connectivity index (χ1v) is 6.41. The molecule has 90 valence electrons. The number of piperidine rings is 1. The first kappa shape index (κ1) is 13.2. The summed E-state index contributed by atoms with van der Waals surface area (Å²) in [5.41, 5.74) is 3.99. The fourth-order valence-corrected chi connectivity index (χ4v) is 2.27. The lowest BCUT2D eigenvalue weighted by molar-refractivity contribution is 0.458. The van der Waals surface area contributed by atoms with Gasteiger partial charge >= 0.3 is 0 Å². The normalized spacial score (nSPS) is 16.5. The third-order valence-electron chi connectivity index (χ3n) is 3.07. The molecule has 2 heterocycles. The second-order valence-electron chi connectivity index (χ2n) is 4.21. The number of nitrogens with zero attached hydrogens (tertiary/aromatic N) is 1. The van der Waals surface area contributed by atoms with E-state index in [0.717, 1.165) is 24.7 Å². The predicted octanol–water partition coefficient (Wildman–Crippen LogP) is 3.19. The van der Waals surface area contributed by atoms with E-state index in [1.165, 1.54) is 24.0 Å². The van der Waals surface area contributed by atoms with Crippen molar-refractivity contribution in [1.29, 1.82) is 0 Å². The van der Waals surface area contributed by atoms with Gasteiger partial charge in [-0.25, -0.2) is 0 Å². The van der Waals surface area contributed by atoms with Crippen molar-refractivity contribution in [3.63, 3.8) is 0 Å². The van der Waals surface area contributed by atoms with Crippen molar-refractivity contribution in [2.45, 2.75) is 46.5 Å². The van der Waals surface area contributed by atoms with Gasteiger partial charge in [-0.1, -0.05) is 13.8 Å². The first-order valence-electron chi connectivity index (χ1n) is 6.41. The van der Waals surface area contributed by atoms with E-state index in [4.69, 9.17) is 0 Å². The second kappa shape index (κ2) is 6.64. The highest BCUT2D eigenvalue weighted by atomic mass is 14.9. The maximum atomic E-state index is 4.39. The first-order chi connectivity index (χ1) is 7.77. The van der Waals surface area contributed by atoms with Crippen LogP contribution in [0.25, 0.3) is 0 Å². The fourth-order valence-electron chi connectivity index (χ4n) is 2.27. The van der Waals surface area contributed by atoms with Crippen LogP contribution in [0, 0.1) is 13.8 Å². The number of aryl methyl sites for hydroxylation is 2. The third kappa shape index (κ3) is 3.31. The number of hydrogen-bond acceptors (Lipinski definition) is 2. The molecule has 0 aliphatic carbocycles. The molecule has 0 radical (unpaired) electrons. The lowest BCUT2D eigenvalue weighted by atomic mass is 9.88. The van der Waals surface area contributed by atoms with Gasteiger partial charge in [-0.05, 0) is 62.9 Å². The van der Waals surface area contributed by atoms with Crippen LogP contribution >= 0.6 is 0 Å². The van der Waals surface area contributed by atoms with E-state index in [1.54, 1.807) is 0 Å². The summed E-state index contributed by atoms with van der Waals surface area (Å²) in [4.78, 5) is 4.39. The fraction of sp³-hybridized carbons (Fsp3) is 0.643. The van der Waals surface area contributed by atoms with Crippen molar-refractivity contribution in [3.05, 3.63) is 29.1 Å². The number of nitrogens with one attached hydrogen (secondary N) is 1. The van der Waals surface area contributed by atoms with Crippen LogP contribution in [0.4, 0.5) is 0 Å². The monoisotopic (exact) mass is 220 g/mol. The van der Waals surface area contributed by atoms with E-state index < -0.39 is 0 Å². The second-order valence-corrected chi connectivity index (χ2v) is 4.21. The summed E-state index contributed by atoms with van der Waals surface area (Å²) in [6.07, 6.45) is 4.58. The topological polar surface area (TPSA) is 24.9 Å². The molecule has 1 N–H and O–H groups in total. The molecule has 0 unspecified atom stereocenters. The van der Waals surface area contributed by atoms with Crippen LogP contribution in [0.15, 0.2) is 12.3 Å². The van der Waals surface area contributed by atoms with Gasteiger partial charge in [0.05, 0.1) is 0 Å². The van der Waals surface area contributed by atoms with Crippen LogP contribution in [0.5, 0.6) is 0 Å². The molecule has 1 saturated heterocycles. The Kier molecular flexibility index (Phi) is 5.47. The lowest BCUT2D eigenvalue weighted by Crippen LogP contribution is -2.27. The van der Waals surface area contributed by atoms with Gasteiger partial charge in [0.1, 0.15) is 0 Å². The standard InChI is InChI=1S/C12H18N2.C2H6/c1-9-7-10(2)14-8-12(9)11-3-5-13-6-4-11;1-2/h7-8,11,13H,3-6H2,1-2H3;1-2H3. The zero-order valence-corrected chi connectivity index (χ0v) is 11.0. The summed E-state index contributed by atoms with van der Waals surface area (Å²) in [6.45, 7) is 10.6. The van der Waals surface area contributed by atoms with Crippen LogP contribution in [0.1, 0.15) is 49.4 Å². The Morgan fingerprint density at radius 3 is 2.38 bits per heavy atom. The van der Waals surface area contributed by atoms with E-state index >= 15 is 0 Å². The zero-order valence-electron chi connectivity index (χ0n) is 11.0. The average Bonchev–Trinajstić information content (AvgIpc) is 2.33. The highest BCUT2D eigenvalue weighted by Crippen LogP contribution is 2.27. The molecule has 1 aliphatic heterocycles. The van der Waals surface area contributed by atoms with Gasteiger partial charge in [-0.3, -0.25) is 4.98 Å². The summed E-state index contributed by atoms with van der Waals surface area (Å²) in [7, 11) is 0. The summed E-state index contributed by atoms with van der Waals surface area (Å²) < 4.78 is 0. The Morgan fingerprint density at radius 1 is 1.19 bits per heavy atom. The molecule has 0 aromatic carbocycles. The number of aromatic nitrogens is 1. The van der Waals surface area contributed by atoms with Gasteiger partial charge in [0, 0.05) is 11.9 Å². The quantitative estimate of drug-likeness (QED) is 0.786. The van der Waals surface area contributed by atoms with Crippen molar-refractivity contribution < 1.29 is 0 Å². The van der Waals surface area contributed by atoms with Crippen molar-refractivity contribution in [2.24, 2.45) is 0 Å². The lowest BCUT2D eigenvalue weighted by Gasteiger charge is -2.24. The molecule has 0 atom stereocenters. The minimum absolute atomic E-state index is 0.726. The minimum Gasteiger partial charge on any atom is -0.317 e. The molecule has 1 aromatic rings. The van der Waals surface area contributed by atoms with E-state index in [-0.39, 0.29) is 0 Å². The molecule has 2 heteroatoms. The maximum absolute atomic E-state index is 4.39. The third-order valence-corrected chi connectivity index (χ3v) is 3.07. The predicted molar refractivity (Wildman–Crippen MR) is 69.9 cm³/mol. The molecule has 2 nitrogen and oxygen atoms in total. The van der Waals surface area contributed by atoms with Gasteiger partial charge in [-0.2, -0.15) is 0 Å². The highest BCUT2D eigenvalue weighted by Gasteiger charge is 2.16. The van der Waals surface area contributed by atoms with Crippen molar-refractivity contribution in [3.8, 4) is 0 Å². The number of pyridine rings is 1. The summed E-state index contributed by atoms with van der Waals surface area (Å²) in [6, 6.07) is 2.19. The number of rotatable bonds is 1. The highest BCUT2D eigenvalue weighted by molar-refractivity contribution is 5.28. The Hall–Kier alpha value is -0.890. The van der Waals surface area contributed by atoms with Gasteiger partial charge < -0.3 is 5.32 Å². The van der Waals surface area contributed by atoms with Crippen LogP contribution in [0.2, 0.25) is 0 Å². The molecule has 2 rings (SSSR count). The van der Waals surface area contributed by atoms with Crippen molar-refractivity contribution in [1.82, 2.24) is 10.3 Å². The average molecular weight is 220 g/mol. The molecule has 0 spiro atoms. The van der Waals surface area contributed by atoms with E-state index in [2.05, 4.69) is 36.4 Å². The Morgan fingerprint density at radius 2 is 1.81 bits per heavy atom. The van der Waals surface area contributed by atoms with Gasteiger partial charge in [0.2, 0.25) is 0 Å². The molecule has 1 fully saturated rings. The minimum atomic E-state index is 0.726. The molecular weight excluding hydrogens is 196 g/mol. The Balaban J connectivity index is 0.000000606. The number of hydrogen-bond donors (Lipinski definition) is 1. The van der Waals surface area contributed by atoms with Gasteiger partial charge in [-0.15, -0.1) is 0 Å². The summed E-state index contributed by atoms with van der Waals surface area (Å²) in [5.74, 6) is 0.726.